The van der Waals surface area contributed by atoms with Crippen LogP contribution < -0.4 is 0 Å². The molecule has 1 aliphatic rings. The lowest BCUT2D eigenvalue weighted by Gasteiger charge is -1.90. The molecule has 2 heteroatoms. The average molecular weight is 99.1 g/mol. The van der Waals surface area contributed by atoms with Crippen LogP contribution in [0.4, 0.5) is 0 Å². The van der Waals surface area contributed by atoms with E-state index < -0.39 is 0 Å². The topological polar surface area (TPSA) is 26.1 Å². The lowest BCUT2D eigenvalue weighted by molar-refractivity contribution is -0.419. The highest BCUT2D eigenvalue weighted by Gasteiger charge is 2.21. The van der Waals surface area contributed by atoms with Gasteiger partial charge < -0.3 is 5.21 Å². The van der Waals surface area contributed by atoms with Gasteiger partial charge in [0.05, 0.1) is 0 Å². The summed E-state index contributed by atoms with van der Waals surface area (Å²) in [5.74, 6) is 0.613. The Hall–Kier alpha value is -0.530. The van der Waals surface area contributed by atoms with Gasteiger partial charge in [0.2, 0.25) is 0 Å². The van der Waals surface area contributed by atoms with Crippen molar-refractivity contribution < 1.29 is 4.74 Å². The first-order chi connectivity index (χ1) is 3.29. The van der Waals surface area contributed by atoms with Crippen LogP contribution in [0.2, 0.25) is 0 Å². The molecule has 0 aromatic heterocycles. The molecule has 0 aromatic rings. The number of hydrogen-bond acceptors (Lipinski definition) is 1. The first-order valence-electron chi connectivity index (χ1n) is 2.54. The minimum absolute atomic E-state index is 0.613. The molecule has 1 aliphatic carbocycles. The number of hydroxylamine groups is 1. The summed E-state index contributed by atoms with van der Waals surface area (Å²) in [7, 11) is 1.53. The Labute approximate surface area is 43.0 Å². The van der Waals surface area contributed by atoms with Gasteiger partial charge in [0.25, 0.3) is 0 Å². The van der Waals surface area contributed by atoms with E-state index in [-0.39, 0.29) is 0 Å². The molecule has 0 amide bonds. The average Bonchev–Trinajstić information content (AvgIpc) is 2.17. The third-order valence-electron chi connectivity index (χ3n) is 1.04. The van der Waals surface area contributed by atoms with Gasteiger partial charge in [-0.25, -0.2) is 4.74 Å². The lowest BCUT2D eigenvalue weighted by atomic mass is 10.5. The fraction of sp³-hybridized carbons (Fsp3) is 0.800. The van der Waals surface area contributed by atoms with Gasteiger partial charge >= 0.3 is 0 Å². The summed E-state index contributed by atoms with van der Waals surface area (Å²) in [4.78, 5) is 0. The minimum atomic E-state index is 0.613. The van der Waals surface area contributed by atoms with Crippen LogP contribution in [0.5, 0.6) is 0 Å². The molecule has 0 atom stereocenters. The van der Waals surface area contributed by atoms with Gasteiger partial charge in [0, 0.05) is 5.92 Å². The van der Waals surface area contributed by atoms with E-state index in [0.717, 1.165) is 4.74 Å². The Morgan fingerprint density at radius 3 is 2.43 bits per heavy atom. The molecule has 0 N–H and O–H groups in total. The molecule has 40 valence electrons. The zero-order chi connectivity index (χ0) is 5.28. The second-order valence-electron chi connectivity index (χ2n) is 2.03. The fourth-order valence-electron chi connectivity index (χ4n) is 0.542. The first kappa shape index (κ1) is 4.62. The van der Waals surface area contributed by atoms with Gasteiger partial charge in [-0.05, 0) is 12.8 Å². The summed E-state index contributed by atoms with van der Waals surface area (Å²) >= 11 is 0. The Balaban J connectivity index is 2.29. The van der Waals surface area contributed by atoms with E-state index >= 15 is 0 Å². The first-order valence-corrected chi connectivity index (χ1v) is 2.54. The van der Waals surface area contributed by atoms with Crippen molar-refractivity contribution in [1.82, 2.24) is 0 Å². The minimum Gasteiger partial charge on any atom is -0.624 e. The van der Waals surface area contributed by atoms with Crippen LogP contribution in [-0.2, 0) is 0 Å². The maximum absolute atomic E-state index is 10.2. The van der Waals surface area contributed by atoms with E-state index in [1.54, 1.807) is 6.21 Å². The van der Waals surface area contributed by atoms with Crippen molar-refractivity contribution in [1.29, 1.82) is 0 Å². The Bertz CT molecular complexity index is 90.3. The van der Waals surface area contributed by atoms with Crippen LogP contribution in [-0.4, -0.2) is 18.0 Å². The van der Waals surface area contributed by atoms with Crippen LogP contribution in [0.1, 0.15) is 12.8 Å². The van der Waals surface area contributed by atoms with Crippen molar-refractivity contribution in [2.75, 3.05) is 7.05 Å². The molecule has 0 aromatic carbocycles. The van der Waals surface area contributed by atoms with Crippen molar-refractivity contribution in [3.63, 3.8) is 0 Å². The predicted molar refractivity (Wildman–Crippen MR) is 28.3 cm³/mol. The molecule has 0 saturated heterocycles. The third kappa shape index (κ3) is 1.57. The molecular weight excluding hydrogens is 90.1 g/mol. The quantitative estimate of drug-likeness (QED) is 0.205. The van der Waals surface area contributed by atoms with E-state index in [9.17, 15) is 5.21 Å². The molecular formula is C5H9NO. The molecule has 0 radical (unpaired) electrons. The molecule has 7 heavy (non-hydrogen) atoms. The van der Waals surface area contributed by atoms with Crippen molar-refractivity contribution in [3.05, 3.63) is 5.21 Å². The molecule has 1 fully saturated rings. The van der Waals surface area contributed by atoms with Crippen molar-refractivity contribution >= 4 is 6.21 Å². The number of rotatable bonds is 1. The van der Waals surface area contributed by atoms with E-state index in [2.05, 4.69) is 0 Å². The summed E-state index contributed by atoms with van der Waals surface area (Å²) in [6, 6.07) is 0. The maximum Gasteiger partial charge on any atom is 0.153 e. The van der Waals surface area contributed by atoms with Crippen molar-refractivity contribution in [2.45, 2.75) is 12.8 Å². The lowest BCUT2D eigenvalue weighted by Crippen LogP contribution is -1.96. The zero-order valence-corrected chi connectivity index (χ0v) is 4.42. The number of nitrogens with zero attached hydrogens (tertiary/aromatic N) is 1. The standard InChI is InChI=1S/C5H9NO/c1-6(7)4-5-2-3-5/h4-5H,2-3H2,1H3/b6-4-. The zero-order valence-electron chi connectivity index (χ0n) is 4.42. The van der Waals surface area contributed by atoms with Crippen LogP contribution >= 0.6 is 0 Å². The second-order valence-corrected chi connectivity index (χ2v) is 2.03. The molecule has 1 rings (SSSR count). The Morgan fingerprint density at radius 1 is 1.71 bits per heavy atom. The Kier molecular flexibility index (Phi) is 1.01. The van der Waals surface area contributed by atoms with Crippen LogP contribution in [0.25, 0.3) is 0 Å². The second kappa shape index (κ2) is 1.52. The maximum atomic E-state index is 10.2. The highest BCUT2D eigenvalue weighted by Crippen LogP contribution is 2.25. The molecule has 0 heterocycles. The third-order valence-corrected chi connectivity index (χ3v) is 1.04. The summed E-state index contributed by atoms with van der Waals surface area (Å²) in [5.41, 5.74) is 0. The van der Waals surface area contributed by atoms with Crippen molar-refractivity contribution in [2.24, 2.45) is 5.92 Å². The normalized spacial score (nSPS) is 22.7. The van der Waals surface area contributed by atoms with Crippen molar-refractivity contribution in [3.8, 4) is 0 Å². The largest absolute Gasteiger partial charge is 0.624 e. The van der Waals surface area contributed by atoms with Gasteiger partial charge in [0.15, 0.2) is 6.21 Å². The molecule has 1 saturated carbocycles. The molecule has 0 spiro atoms. The van der Waals surface area contributed by atoms with Gasteiger partial charge in [-0.2, -0.15) is 0 Å². The molecule has 0 unspecified atom stereocenters. The highest BCUT2D eigenvalue weighted by atomic mass is 16.5. The van der Waals surface area contributed by atoms with Crippen LogP contribution in [0.15, 0.2) is 0 Å². The van der Waals surface area contributed by atoms with Gasteiger partial charge in [0.1, 0.15) is 7.05 Å². The Morgan fingerprint density at radius 2 is 2.29 bits per heavy atom. The molecule has 0 bridgehead atoms. The van der Waals surface area contributed by atoms with E-state index in [1.807, 2.05) is 0 Å². The summed E-state index contributed by atoms with van der Waals surface area (Å²) in [6.45, 7) is 0. The van der Waals surface area contributed by atoms with Gasteiger partial charge in [-0.1, -0.05) is 0 Å². The fourth-order valence-corrected chi connectivity index (χ4v) is 0.542. The molecule has 2 nitrogen and oxygen atoms in total. The summed E-state index contributed by atoms with van der Waals surface area (Å²) < 4.78 is 0.887. The predicted octanol–water partition coefficient (Wildman–Crippen LogP) is 0.607. The summed E-state index contributed by atoms with van der Waals surface area (Å²) in [6.07, 6.45) is 4.15. The van der Waals surface area contributed by atoms with E-state index in [0.29, 0.717) is 5.92 Å². The van der Waals surface area contributed by atoms with Gasteiger partial charge in [-0.3, -0.25) is 0 Å². The SMILES string of the molecule is C/[N+]([O-])=C/C1CC1. The van der Waals surface area contributed by atoms with Crippen LogP contribution in [0, 0.1) is 11.1 Å². The monoisotopic (exact) mass is 99.1 g/mol. The van der Waals surface area contributed by atoms with E-state index in [4.69, 9.17) is 0 Å². The van der Waals surface area contributed by atoms with E-state index in [1.165, 1.54) is 19.9 Å². The summed E-state index contributed by atoms with van der Waals surface area (Å²) in [5, 5.41) is 10.2. The van der Waals surface area contributed by atoms with Gasteiger partial charge in [-0.15, -0.1) is 0 Å². The smallest absolute Gasteiger partial charge is 0.153 e. The number of hydrogen-bond donors (Lipinski definition) is 0. The highest BCUT2D eigenvalue weighted by molar-refractivity contribution is 5.58. The molecule has 0 aliphatic heterocycles. The van der Waals surface area contributed by atoms with Crippen LogP contribution in [0.3, 0.4) is 0 Å².